The number of unbranched alkanes of at least 4 members (excludes halogenated alkanes) is 15. The van der Waals surface area contributed by atoms with Gasteiger partial charge in [-0.25, -0.2) is 0 Å². The van der Waals surface area contributed by atoms with Crippen molar-refractivity contribution in [2.24, 2.45) is 0 Å². The number of hydrogen-bond acceptors (Lipinski definition) is 4. The van der Waals surface area contributed by atoms with E-state index in [-0.39, 0.29) is 37.7 Å². The van der Waals surface area contributed by atoms with E-state index in [1.807, 2.05) is 0 Å². The van der Waals surface area contributed by atoms with E-state index in [2.05, 4.69) is 11.8 Å². The molecule has 5 nitrogen and oxygen atoms in total. The average molecular weight is 385 g/mol. The fourth-order valence-corrected chi connectivity index (χ4v) is 2.71. The Morgan fingerprint density at radius 3 is 1.08 bits per heavy atom. The summed E-state index contributed by atoms with van der Waals surface area (Å²) in [5.41, 5.74) is 0. The van der Waals surface area contributed by atoms with Gasteiger partial charge < -0.3 is 15.1 Å². The van der Waals surface area contributed by atoms with Gasteiger partial charge in [0.25, 0.3) is 4.84 Å². The molecule has 2 radical (unpaired) electrons. The van der Waals surface area contributed by atoms with Crippen LogP contribution in [0.1, 0.15) is 110 Å². The predicted octanol–water partition coefficient (Wildman–Crippen LogP) is 3.82. The fraction of sp³-hybridized carbons (Fsp3) is 1.00. The Hall–Kier alpha value is 0.965. The molecular weight excluding hydrogens is 345 g/mol. The molecule has 0 aliphatic rings. The third-order valence-corrected chi connectivity index (χ3v) is 4.09. The maximum atomic E-state index is 8.18. The van der Waals surface area contributed by atoms with Gasteiger partial charge in [-0.1, -0.05) is 103 Å². The van der Waals surface area contributed by atoms with Gasteiger partial charge in [-0.15, -0.1) is 0 Å². The van der Waals surface area contributed by atoms with Gasteiger partial charge in [0.2, 0.25) is 0 Å². The average Bonchev–Trinajstić information content (AvgIpc) is 2.54. The first kappa shape index (κ1) is 30.7. The molecule has 0 amide bonds. The summed E-state index contributed by atoms with van der Waals surface area (Å²) in [4.78, 5) is 4.06. The molecule has 0 heterocycles. The molecule has 3 N–H and O–H groups in total. The van der Waals surface area contributed by atoms with E-state index in [4.69, 9.17) is 21.0 Å². The van der Waals surface area contributed by atoms with E-state index in [0.29, 0.717) is 6.61 Å². The van der Waals surface area contributed by atoms with Gasteiger partial charge in [-0.05, 0) is 6.42 Å². The fourth-order valence-electron chi connectivity index (χ4n) is 2.71. The smallest absolute Gasteiger partial charge is 0.402 e. The van der Waals surface area contributed by atoms with Crippen LogP contribution in [0.4, 0.5) is 0 Å². The van der Waals surface area contributed by atoms with Crippen molar-refractivity contribution in [3.8, 4) is 0 Å². The van der Waals surface area contributed by atoms with Crippen LogP contribution in [-0.2, 0) is 4.84 Å². The van der Waals surface area contributed by atoms with Crippen LogP contribution < -0.4 is 5.90 Å². The Labute approximate surface area is 186 Å². The maximum Gasteiger partial charge on any atom is 2.00 e. The number of nitrogens with zero attached hydrogens (tertiary/aromatic N) is 1. The molecule has 0 spiro atoms. The molecule has 142 valence electrons. The van der Waals surface area contributed by atoms with Crippen LogP contribution in [0.5, 0.6) is 0 Å². The van der Waals surface area contributed by atoms with Crippen LogP contribution in [0.3, 0.4) is 0 Å². The second kappa shape index (κ2) is 29.7. The minimum absolute atomic E-state index is 0. The van der Waals surface area contributed by atoms with Crippen LogP contribution >= 0.6 is 0 Å². The van der Waals surface area contributed by atoms with Gasteiger partial charge in [0.1, 0.15) is 0 Å². The molecule has 0 atom stereocenters. The van der Waals surface area contributed by atoms with Crippen LogP contribution in [0, 0.1) is 0 Å². The molecule has 0 aliphatic carbocycles. The summed E-state index contributed by atoms with van der Waals surface area (Å²) in [6, 6.07) is 0. The summed E-state index contributed by atoms with van der Waals surface area (Å²) >= 11 is 0. The second-order valence-electron chi connectivity index (χ2n) is 6.48. The van der Waals surface area contributed by atoms with Gasteiger partial charge in [-0.3, -0.25) is 0 Å². The molecule has 0 unspecified atom stereocenters. The molecule has 0 aromatic heterocycles. The Kier molecular flexibility index (Phi) is 36.5. The minimum atomic E-state index is -2.17. The predicted molar refractivity (Wildman–Crippen MR) is 106 cm³/mol. The molecule has 25 heavy (non-hydrogen) atoms. The van der Waals surface area contributed by atoms with E-state index >= 15 is 0 Å². The molecule has 7 heteroatoms. The zero-order valence-electron chi connectivity index (χ0n) is 16.5. The van der Waals surface area contributed by atoms with Gasteiger partial charge in [0.15, 0.2) is 6.61 Å². The SMILES string of the molecule is CCCCCCCCCCCCCCCCCCO[N+2].OB(O)O.[Ca+2]. The van der Waals surface area contributed by atoms with Crippen molar-refractivity contribution in [3.05, 3.63) is 0 Å². The van der Waals surface area contributed by atoms with Gasteiger partial charge in [0, 0.05) is 0 Å². The van der Waals surface area contributed by atoms with Crippen LogP contribution in [0.25, 0.3) is 0 Å². The van der Waals surface area contributed by atoms with Crippen molar-refractivity contribution in [1.82, 2.24) is 5.90 Å². The van der Waals surface area contributed by atoms with Crippen LogP contribution in [0.2, 0.25) is 0 Å². The largest absolute Gasteiger partial charge is 2.00 e. The van der Waals surface area contributed by atoms with E-state index in [1.165, 1.54) is 96.3 Å². The van der Waals surface area contributed by atoms with Crippen molar-refractivity contribution in [2.75, 3.05) is 6.61 Å². The summed E-state index contributed by atoms with van der Waals surface area (Å²) in [7, 11) is -2.17. The third-order valence-electron chi connectivity index (χ3n) is 4.09. The summed E-state index contributed by atoms with van der Waals surface area (Å²) in [5, 5.41) is 21.5. The summed E-state index contributed by atoms with van der Waals surface area (Å²) in [6.07, 6.45) is 22.0. The van der Waals surface area contributed by atoms with Crippen molar-refractivity contribution in [1.29, 1.82) is 0 Å². The number of hydrogen-bond donors (Lipinski definition) is 3. The maximum absolute atomic E-state index is 8.18. The molecule has 0 saturated carbocycles. The minimum Gasteiger partial charge on any atom is -0.402 e. The Bertz CT molecular complexity index is 195. The quantitative estimate of drug-likeness (QED) is 0.202. The molecule has 0 fully saturated rings. The Morgan fingerprint density at radius 1 is 0.600 bits per heavy atom. The molecule has 0 rings (SSSR count). The van der Waals surface area contributed by atoms with E-state index in [9.17, 15) is 0 Å². The normalized spacial score (nSPS) is 9.92. The van der Waals surface area contributed by atoms with E-state index in [1.54, 1.807) is 0 Å². The van der Waals surface area contributed by atoms with E-state index < -0.39 is 7.32 Å². The molecular formula is C18H40BCaNO4+4. The monoisotopic (exact) mass is 385 g/mol. The molecule has 0 aromatic carbocycles. The first-order valence-corrected chi connectivity index (χ1v) is 9.95. The summed E-state index contributed by atoms with van der Waals surface area (Å²) in [6.45, 7) is 2.78. The molecule has 0 saturated heterocycles. The summed E-state index contributed by atoms with van der Waals surface area (Å²) in [5.74, 6) is 8.18. The zero-order valence-corrected chi connectivity index (χ0v) is 18.7. The molecule has 0 aromatic rings. The molecule has 0 bridgehead atoms. The van der Waals surface area contributed by atoms with Crippen molar-refractivity contribution in [3.63, 3.8) is 0 Å². The topological polar surface area (TPSA) is 92.2 Å². The summed E-state index contributed by atoms with van der Waals surface area (Å²) < 4.78 is 0. The van der Waals surface area contributed by atoms with Crippen LogP contribution in [0.15, 0.2) is 0 Å². The van der Waals surface area contributed by atoms with Crippen LogP contribution in [-0.4, -0.2) is 66.7 Å². The first-order valence-electron chi connectivity index (χ1n) is 9.95. The van der Waals surface area contributed by atoms with E-state index in [0.717, 1.165) is 6.42 Å². The van der Waals surface area contributed by atoms with Gasteiger partial charge in [-0.2, -0.15) is 0 Å². The van der Waals surface area contributed by atoms with Crippen molar-refractivity contribution < 1.29 is 19.9 Å². The number of rotatable bonds is 17. The Morgan fingerprint density at radius 2 is 0.840 bits per heavy atom. The second-order valence-corrected chi connectivity index (χ2v) is 6.48. The first-order chi connectivity index (χ1) is 11.6. The van der Waals surface area contributed by atoms with Crippen molar-refractivity contribution >= 4 is 45.1 Å². The zero-order chi connectivity index (χ0) is 18.3. The Balaban J connectivity index is -0.000000867. The van der Waals surface area contributed by atoms with Gasteiger partial charge >= 0.3 is 51.0 Å². The third kappa shape index (κ3) is 40.8. The standard InChI is InChI=1S/C18H37NO.BH3O3.Ca/c1-2-3-4-5-6-7-8-9-10-11-12-13-14-15-16-17-18-20-19;2-1(3)4;/h2-18H2,1H3;2-4H;/q+2;;+2. The van der Waals surface area contributed by atoms with Crippen molar-refractivity contribution in [2.45, 2.75) is 110 Å². The molecule has 0 aliphatic heterocycles. The van der Waals surface area contributed by atoms with Gasteiger partial charge in [0.05, 0.1) is 0 Å².